The molecule has 0 radical (unpaired) electrons. The number of piperazine rings is 1. The molecule has 1 heterocycles. The maximum atomic E-state index is 14.0. The number of aliphatic hydroxyl groups excluding tert-OH is 2. The summed E-state index contributed by atoms with van der Waals surface area (Å²) in [6.45, 7) is 3.77. The van der Waals surface area contributed by atoms with Gasteiger partial charge >= 0.3 is 0 Å². The van der Waals surface area contributed by atoms with Crippen LogP contribution in [-0.4, -0.2) is 71.8 Å². The van der Waals surface area contributed by atoms with Gasteiger partial charge in [0.1, 0.15) is 17.7 Å². The summed E-state index contributed by atoms with van der Waals surface area (Å²) in [6, 6.07) is 13.7. The zero-order chi connectivity index (χ0) is 25.9. The lowest BCUT2D eigenvalue weighted by Gasteiger charge is -2.37. The van der Waals surface area contributed by atoms with Gasteiger partial charge in [-0.25, -0.2) is 4.39 Å². The van der Waals surface area contributed by atoms with Crippen LogP contribution in [0.15, 0.2) is 48.5 Å². The quantitative estimate of drug-likeness (QED) is 0.388. The van der Waals surface area contributed by atoms with Crippen molar-refractivity contribution in [2.45, 2.75) is 44.8 Å². The van der Waals surface area contributed by atoms with E-state index in [0.29, 0.717) is 44.0 Å². The van der Waals surface area contributed by atoms with Crippen LogP contribution in [0.3, 0.4) is 0 Å². The minimum Gasteiger partial charge on any atom is -0.493 e. The molecule has 2 aromatic rings. The van der Waals surface area contributed by atoms with E-state index in [9.17, 15) is 24.2 Å². The van der Waals surface area contributed by atoms with Crippen LogP contribution in [0.2, 0.25) is 0 Å². The number of benzene rings is 2. The molecule has 1 aliphatic rings. The Morgan fingerprint density at radius 2 is 1.69 bits per heavy atom. The Bertz CT molecular complexity index is 1070. The van der Waals surface area contributed by atoms with Crippen LogP contribution in [0.1, 0.15) is 31.7 Å². The van der Waals surface area contributed by atoms with Crippen molar-refractivity contribution in [3.63, 3.8) is 0 Å². The van der Waals surface area contributed by atoms with Crippen molar-refractivity contribution in [1.82, 2.24) is 4.90 Å². The van der Waals surface area contributed by atoms with Crippen molar-refractivity contribution >= 4 is 17.4 Å². The third kappa shape index (κ3) is 7.54. The second-order valence-electron chi connectivity index (χ2n) is 8.57. The van der Waals surface area contributed by atoms with Crippen molar-refractivity contribution in [1.29, 1.82) is 0 Å². The van der Waals surface area contributed by atoms with Crippen LogP contribution in [0.25, 0.3) is 0 Å². The summed E-state index contributed by atoms with van der Waals surface area (Å²) in [4.78, 5) is 28.3. The van der Waals surface area contributed by atoms with Gasteiger partial charge in [0, 0.05) is 45.4 Å². The lowest BCUT2D eigenvalue weighted by atomic mass is 10.0. The maximum absolute atomic E-state index is 14.0. The van der Waals surface area contributed by atoms with Crippen molar-refractivity contribution in [2.75, 3.05) is 37.7 Å². The number of halogens is 1. The number of hydrogen-bond donors (Lipinski definition) is 2. The number of aryl methyl sites for hydroxylation is 1. The van der Waals surface area contributed by atoms with Gasteiger partial charge in [0.25, 0.3) is 5.91 Å². The van der Waals surface area contributed by atoms with Crippen LogP contribution in [0.4, 0.5) is 10.1 Å². The number of ketones is 1. The lowest BCUT2D eigenvalue weighted by Crippen LogP contribution is -2.54. The van der Waals surface area contributed by atoms with E-state index in [1.165, 1.54) is 11.0 Å². The van der Waals surface area contributed by atoms with Crippen LogP contribution in [-0.2, 0) is 16.0 Å². The third-order valence-corrected chi connectivity index (χ3v) is 6.05. The van der Waals surface area contributed by atoms with E-state index in [-0.39, 0.29) is 25.3 Å². The number of anilines is 1. The smallest absolute Gasteiger partial charge is 0.254 e. The Morgan fingerprint density at radius 3 is 2.36 bits per heavy atom. The molecule has 2 aromatic carbocycles. The van der Waals surface area contributed by atoms with Crippen LogP contribution in [0, 0.1) is 17.7 Å². The highest BCUT2D eigenvalue weighted by atomic mass is 19.1. The van der Waals surface area contributed by atoms with E-state index in [1.54, 1.807) is 18.2 Å². The molecule has 3 rings (SSSR count). The third-order valence-electron chi connectivity index (χ3n) is 6.05. The number of Topliss-reactive ketones (excluding diaryl/α,β-unsaturated/α-hetero) is 1. The van der Waals surface area contributed by atoms with E-state index >= 15 is 0 Å². The number of hydrogen-bond acceptors (Lipinski definition) is 6. The summed E-state index contributed by atoms with van der Waals surface area (Å²) in [5.41, 5.74) is 1.33. The van der Waals surface area contributed by atoms with Gasteiger partial charge in [-0.15, -0.1) is 5.92 Å². The molecule has 192 valence electrons. The molecular weight excluding hydrogens is 463 g/mol. The number of aliphatic hydroxyl groups is 2. The van der Waals surface area contributed by atoms with E-state index in [0.717, 1.165) is 12.0 Å². The molecule has 1 amide bonds. The van der Waals surface area contributed by atoms with Crippen LogP contribution < -0.4 is 9.64 Å². The monoisotopic (exact) mass is 496 g/mol. The normalized spacial score (nSPS) is 15.0. The highest BCUT2D eigenvalue weighted by molar-refractivity contribution is 5.92. The number of rotatable bonds is 10. The van der Waals surface area contributed by atoms with Crippen LogP contribution >= 0.6 is 0 Å². The average molecular weight is 497 g/mol. The Labute approximate surface area is 211 Å². The zero-order valence-electron chi connectivity index (χ0n) is 20.5. The number of ether oxygens (including phenoxy) is 1. The van der Waals surface area contributed by atoms with Gasteiger partial charge in [0.2, 0.25) is 0 Å². The molecule has 0 bridgehead atoms. The van der Waals surface area contributed by atoms with Gasteiger partial charge in [-0.2, -0.15) is 0 Å². The Morgan fingerprint density at radius 1 is 1.00 bits per heavy atom. The molecule has 2 N–H and O–H groups in total. The lowest BCUT2D eigenvalue weighted by molar-refractivity contribution is -0.152. The van der Waals surface area contributed by atoms with Gasteiger partial charge < -0.3 is 24.7 Å². The van der Waals surface area contributed by atoms with Gasteiger partial charge in [0.15, 0.2) is 11.9 Å². The van der Waals surface area contributed by atoms with Crippen molar-refractivity contribution in [3.05, 3.63) is 59.9 Å². The molecule has 0 aromatic heterocycles. The summed E-state index contributed by atoms with van der Waals surface area (Å²) in [7, 11) is 0. The number of nitrogens with zero attached hydrogens (tertiary/aromatic N) is 2. The summed E-state index contributed by atoms with van der Waals surface area (Å²) >= 11 is 0. The van der Waals surface area contributed by atoms with E-state index < -0.39 is 23.9 Å². The van der Waals surface area contributed by atoms with Crippen molar-refractivity contribution < 1.29 is 28.9 Å². The highest BCUT2D eigenvalue weighted by Gasteiger charge is 2.34. The number of carbonyl (C=O) groups excluding carboxylic acids is 2. The number of amides is 1. The first-order chi connectivity index (χ1) is 17.4. The molecule has 1 fully saturated rings. The SMILES string of the molecule is CCC#CCCOc1ccc(CCC(=O)[C@H](O)[C@@H](O)C(=O)N2CCN(c3ccccc3F)CC2)cc1. The van der Waals surface area contributed by atoms with Crippen molar-refractivity contribution in [3.8, 4) is 17.6 Å². The predicted molar refractivity (Wildman–Crippen MR) is 135 cm³/mol. The van der Waals surface area contributed by atoms with Gasteiger partial charge in [0.05, 0.1) is 12.3 Å². The van der Waals surface area contributed by atoms with Gasteiger partial charge in [-0.1, -0.05) is 37.1 Å². The molecule has 7 nitrogen and oxygen atoms in total. The summed E-state index contributed by atoms with van der Waals surface area (Å²) in [6.07, 6.45) is -1.80. The second-order valence-corrected chi connectivity index (χ2v) is 8.57. The fraction of sp³-hybridized carbons (Fsp3) is 0.429. The zero-order valence-corrected chi connectivity index (χ0v) is 20.5. The number of carbonyl (C=O) groups is 2. The molecule has 0 saturated carbocycles. The molecule has 0 spiro atoms. The highest BCUT2D eigenvalue weighted by Crippen LogP contribution is 2.21. The Kier molecular flexibility index (Phi) is 10.3. The first-order valence-corrected chi connectivity index (χ1v) is 12.2. The van der Waals surface area contributed by atoms with E-state index in [1.807, 2.05) is 36.1 Å². The van der Waals surface area contributed by atoms with Gasteiger partial charge in [-0.05, 0) is 36.2 Å². The summed E-state index contributed by atoms with van der Waals surface area (Å²) in [5, 5.41) is 20.6. The molecule has 0 aliphatic carbocycles. The summed E-state index contributed by atoms with van der Waals surface area (Å²) in [5.74, 6) is 5.07. The molecule has 2 atom stereocenters. The molecular formula is C28H33FN2O5. The molecule has 8 heteroatoms. The summed E-state index contributed by atoms with van der Waals surface area (Å²) < 4.78 is 19.6. The first-order valence-electron chi connectivity index (χ1n) is 12.2. The Hall–Kier alpha value is -3.41. The Balaban J connectivity index is 1.43. The molecule has 1 aliphatic heterocycles. The second kappa shape index (κ2) is 13.6. The average Bonchev–Trinajstić information content (AvgIpc) is 2.91. The van der Waals surface area contributed by atoms with Crippen molar-refractivity contribution in [2.24, 2.45) is 0 Å². The minimum absolute atomic E-state index is 0.0145. The molecule has 0 unspecified atom stereocenters. The van der Waals surface area contributed by atoms with Gasteiger partial charge in [-0.3, -0.25) is 9.59 Å². The fourth-order valence-corrected chi connectivity index (χ4v) is 3.98. The maximum Gasteiger partial charge on any atom is 0.254 e. The predicted octanol–water partition coefficient (Wildman–Crippen LogP) is 2.58. The van der Waals surface area contributed by atoms with Crippen LogP contribution in [0.5, 0.6) is 5.75 Å². The number of para-hydroxylation sites is 1. The standard InChI is InChI=1S/C28H33FN2O5/c1-2-3-4-7-20-36-22-13-10-21(11-14-22)12-15-25(32)26(33)27(34)28(35)31-18-16-30(17-19-31)24-9-6-5-8-23(24)29/h5-6,8-11,13-14,26-27,33-34H,2,7,12,15-20H2,1H3/t26-,27+/m0/s1. The largest absolute Gasteiger partial charge is 0.493 e. The topological polar surface area (TPSA) is 90.3 Å². The fourth-order valence-electron chi connectivity index (χ4n) is 3.98. The van der Waals surface area contributed by atoms with E-state index in [2.05, 4.69) is 11.8 Å². The minimum atomic E-state index is -1.83. The van der Waals surface area contributed by atoms with E-state index in [4.69, 9.17) is 4.74 Å². The molecule has 1 saturated heterocycles. The molecule has 36 heavy (non-hydrogen) atoms. The first kappa shape index (κ1) is 27.2.